The van der Waals surface area contributed by atoms with Crippen molar-refractivity contribution < 1.29 is 28.4 Å². The first kappa shape index (κ1) is 76.5. The summed E-state index contributed by atoms with van der Waals surface area (Å²) in [5, 5.41) is 0. The highest BCUT2D eigenvalue weighted by Gasteiger charge is 2.31. The highest BCUT2D eigenvalue weighted by Crippen LogP contribution is 2.46. The smallest absolute Gasteiger partial charge is 0.126 e. The topological polar surface area (TPSA) is 92.5 Å². The van der Waals surface area contributed by atoms with Gasteiger partial charge in [0.2, 0.25) is 0 Å². The molecule has 0 saturated heterocycles. The molecule has 12 bridgehead atoms. The van der Waals surface area contributed by atoms with Crippen molar-refractivity contribution in [3.8, 4) is 34.5 Å². The summed E-state index contributed by atoms with van der Waals surface area (Å²) in [5.41, 5.74) is 19.3. The van der Waals surface area contributed by atoms with Crippen molar-refractivity contribution in [3.63, 3.8) is 0 Å². The Labute approximate surface area is 582 Å². The van der Waals surface area contributed by atoms with Gasteiger partial charge in [-0.2, -0.15) is 0 Å². The minimum Gasteiger partial charge on any atom is -0.496 e. The molecule has 0 radical (unpaired) electrons. The monoisotopic (exact) mass is 1310 g/mol. The molecule has 6 aromatic rings. The highest BCUT2D eigenvalue weighted by atomic mass is 16.5. The molecule has 9 nitrogen and oxygen atoms in total. The Kier molecular flexibility index (Phi) is 25.0. The van der Waals surface area contributed by atoms with Crippen LogP contribution in [0.1, 0.15) is 266 Å². The van der Waals surface area contributed by atoms with Crippen molar-refractivity contribution in [2.75, 3.05) is 60.8 Å². The second-order valence-corrected chi connectivity index (χ2v) is 34.4. The lowest BCUT2D eigenvalue weighted by molar-refractivity contribution is 0.322. The van der Waals surface area contributed by atoms with E-state index < -0.39 is 0 Å². The van der Waals surface area contributed by atoms with Crippen LogP contribution in [0.15, 0.2) is 87.8 Å². The number of hydrogen-bond donors (Lipinski definition) is 0. The lowest BCUT2D eigenvalue weighted by Crippen LogP contribution is -2.18. The maximum Gasteiger partial charge on any atom is 0.126 e. The first-order chi connectivity index (χ1) is 44.7. The van der Waals surface area contributed by atoms with Crippen LogP contribution in [0, 0.1) is 17.8 Å². The Bertz CT molecular complexity index is 3210. The summed E-state index contributed by atoms with van der Waals surface area (Å²) in [4.78, 5) is 14.6. The fraction of sp³-hybridized carbons (Fsp3) is 0.552. The van der Waals surface area contributed by atoms with E-state index in [1.807, 2.05) is 40.0 Å². The molecule has 1 aliphatic carbocycles. The van der Waals surface area contributed by atoms with Gasteiger partial charge >= 0.3 is 0 Å². The van der Waals surface area contributed by atoms with Crippen LogP contribution in [0.3, 0.4) is 0 Å². The summed E-state index contributed by atoms with van der Waals surface area (Å²) < 4.78 is 42.3. The van der Waals surface area contributed by atoms with Gasteiger partial charge in [0.15, 0.2) is 0 Å². The van der Waals surface area contributed by atoms with Crippen LogP contribution in [0.2, 0.25) is 0 Å². The first-order valence-electron chi connectivity index (χ1n) is 35.7. The molecular formula is C87H123N3O6. The van der Waals surface area contributed by atoms with Crippen LogP contribution in [0.4, 0.5) is 0 Å². The van der Waals surface area contributed by atoms with Gasteiger partial charge in [-0.3, -0.25) is 15.0 Å². The molecule has 96 heavy (non-hydrogen) atoms. The number of methoxy groups -OCH3 is 3. The third kappa shape index (κ3) is 20.1. The third-order valence-electron chi connectivity index (χ3n) is 18.2. The van der Waals surface area contributed by atoms with E-state index in [1.54, 1.807) is 0 Å². The molecule has 0 heterocycles. The number of benzene rings is 6. The maximum absolute atomic E-state index is 7.28. The highest BCUT2D eigenvalue weighted by molar-refractivity contribution is 5.63. The molecule has 0 N–H and O–H groups in total. The Hall–Kier alpha value is -6.87. The number of rotatable bonds is 18. The Morgan fingerprint density at radius 1 is 0.271 bits per heavy atom. The van der Waals surface area contributed by atoms with Gasteiger partial charge in [0.1, 0.15) is 54.3 Å². The van der Waals surface area contributed by atoms with Gasteiger partial charge in [0.25, 0.3) is 0 Å². The average Bonchev–Trinajstić information content (AvgIpc) is 0.775. The standard InChI is InChI=1S/C87H123N3O6/c1-55(2)52-88-28-31-94-79-64-34-58-40-70(82(7,8)9)42-60(76(58)91-25)36-66-48-74(86(19,20)21)50-68(80(66)95-32-29-89-53-56(3)4)38-62-44-72(84(13,14)15)45-63(78(62)93-27)39-69-51-75(87(22,23)24)49-67(81(69)96-33-30-90-54-57(5)6)37-61-43-71(83(10,11)12)41-59(77(61)92-26)35-65(79)47-73(46-64)85(16,17)18/h40-57H,28-39H2,1-27H3. The summed E-state index contributed by atoms with van der Waals surface area (Å²) in [6.45, 7) is 57.5. The van der Waals surface area contributed by atoms with Crippen molar-refractivity contribution in [2.24, 2.45) is 32.7 Å². The predicted molar refractivity (Wildman–Crippen MR) is 408 cm³/mol. The van der Waals surface area contributed by atoms with E-state index in [9.17, 15) is 0 Å². The lowest BCUT2D eigenvalue weighted by Gasteiger charge is -2.29. The van der Waals surface area contributed by atoms with Crippen LogP contribution in [0.5, 0.6) is 34.5 Å². The molecule has 0 aliphatic heterocycles. The van der Waals surface area contributed by atoms with Crippen LogP contribution >= 0.6 is 0 Å². The van der Waals surface area contributed by atoms with Gasteiger partial charge in [0.05, 0.1) is 41.0 Å². The molecule has 522 valence electrons. The minimum atomic E-state index is -0.214. The van der Waals surface area contributed by atoms with E-state index in [4.69, 9.17) is 43.4 Å². The summed E-state index contributed by atoms with van der Waals surface area (Å²) in [6, 6.07) is 28.7. The molecule has 0 amide bonds. The second kappa shape index (κ2) is 31.3. The summed E-state index contributed by atoms with van der Waals surface area (Å²) in [6.07, 6.45) is 9.42. The first-order valence-corrected chi connectivity index (χ1v) is 35.7. The summed E-state index contributed by atoms with van der Waals surface area (Å²) in [5.74, 6) is 6.18. The number of nitrogens with zero attached hydrogens (tertiary/aromatic N) is 3. The zero-order valence-corrected chi connectivity index (χ0v) is 64.7. The van der Waals surface area contributed by atoms with Crippen LogP contribution < -0.4 is 28.4 Å². The zero-order chi connectivity index (χ0) is 71.0. The molecule has 9 heteroatoms. The molecule has 0 saturated carbocycles. The van der Waals surface area contributed by atoms with Crippen molar-refractivity contribution in [3.05, 3.63) is 173 Å². The van der Waals surface area contributed by atoms with Gasteiger partial charge < -0.3 is 28.4 Å². The van der Waals surface area contributed by atoms with E-state index in [1.165, 1.54) is 33.4 Å². The number of fused-ring (bicyclic) bond motifs is 12. The van der Waals surface area contributed by atoms with Crippen molar-refractivity contribution in [1.82, 2.24) is 0 Å². The molecule has 0 fully saturated rings. The molecular weight excluding hydrogens is 1180 g/mol. The van der Waals surface area contributed by atoms with E-state index in [2.05, 4.69) is 239 Å². The van der Waals surface area contributed by atoms with E-state index in [0.29, 0.717) is 95.7 Å². The van der Waals surface area contributed by atoms with Crippen LogP contribution in [-0.4, -0.2) is 79.4 Å². The Morgan fingerprint density at radius 2 is 0.417 bits per heavy atom. The molecule has 7 rings (SSSR count). The Balaban J connectivity index is 1.70. The van der Waals surface area contributed by atoms with Crippen molar-refractivity contribution in [1.29, 1.82) is 0 Å². The van der Waals surface area contributed by atoms with Gasteiger partial charge in [0, 0.05) is 57.2 Å². The number of hydrogen-bond acceptors (Lipinski definition) is 9. The summed E-state index contributed by atoms with van der Waals surface area (Å²) >= 11 is 0. The molecule has 6 aromatic carbocycles. The largest absolute Gasteiger partial charge is 0.496 e. The van der Waals surface area contributed by atoms with Gasteiger partial charge in [-0.25, -0.2) is 0 Å². The van der Waals surface area contributed by atoms with Crippen LogP contribution in [-0.2, 0) is 71.0 Å². The SMILES string of the molecule is COc1c2cc(C(C)(C)C)cc1Cc1cc(C(C)(C)C)cc(c1OCCN=CC(C)C)Cc1cc(C(C)(C)C)cc(c1OC)Cc1cc(C(C)(C)C)cc(c1OCCN=CC(C)C)Cc1cc(C(C)(C)C)cc(c1OC)Cc1cc(C(C)(C)C)cc(c1OCCN=CC(C)C)C2. The van der Waals surface area contributed by atoms with Crippen molar-refractivity contribution in [2.45, 2.75) is 237 Å². The fourth-order valence-corrected chi connectivity index (χ4v) is 12.7. The quantitative estimate of drug-likeness (QED) is 0.0628. The van der Waals surface area contributed by atoms with Crippen molar-refractivity contribution >= 4 is 18.6 Å². The molecule has 0 unspecified atom stereocenters. The molecule has 0 atom stereocenters. The van der Waals surface area contributed by atoms with Gasteiger partial charge in [-0.05, 0) is 150 Å². The fourth-order valence-electron chi connectivity index (χ4n) is 12.7. The van der Waals surface area contributed by atoms with Gasteiger partial charge in [-0.15, -0.1) is 0 Å². The van der Waals surface area contributed by atoms with E-state index in [-0.39, 0.29) is 32.5 Å². The summed E-state index contributed by atoms with van der Waals surface area (Å²) in [7, 11) is 5.52. The minimum absolute atomic E-state index is 0.209. The van der Waals surface area contributed by atoms with E-state index in [0.717, 1.165) is 101 Å². The predicted octanol–water partition coefficient (Wildman–Crippen LogP) is 20.7. The Morgan fingerprint density at radius 3 is 0.542 bits per heavy atom. The number of aliphatic imine (C=N–C) groups is 3. The second-order valence-electron chi connectivity index (χ2n) is 34.4. The third-order valence-corrected chi connectivity index (χ3v) is 18.2. The maximum atomic E-state index is 7.28. The average molecular weight is 1310 g/mol. The number of ether oxygens (including phenoxy) is 6. The zero-order valence-electron chi connectivity index (χ0n) is 64.7. The molecule has 1 aliphatic rings. The lowest BCUT2D eigenvalue weighted by atomic mass is 9.79. The van der Waals surface area contributed by atoms with E-state index >= 15 is 0 Å². The normalized spacial score (nSPS) is 13.9. The molecule has 0 aromatic heterocycles. The molecule has 0 spiro atoms. The van der Waals surface area contributed by atoms with Gasteiger partial charge in [-0.1, -0.05) is 239 Å². The van der Waals surface area contributed by atoms with Crippen LogP contribution in [0.25, 0.3) is 0 Å².